The molecule has 176 valence electrons. The Labute approximate surface area is 180 Å². The van der Waals surface area contributed by atoms with Crippen molar-refractivity contribution in [2.45, 2.75) is 92.0 Å². The van der Waals surface area contributed by atoms with Gasteiger partial charge in [-0.05, 0) is 68.7 Å². The van der Waals surface area contributed by atoms with E-state index in [1.165, 1.54) is 0 Å². The van der Waals surface area contributed by atoms with Gasteiger partial charge in [0.2, 0.25) is 0 Å². The second-order valence-corrected chi connectivity index (χ2v) is 10.5. The Morgan fingerprint density at radius 1 is 0.700 bits per heavy atom. The van der Waals surface area contributed by atoms with Gasteiger partial charge in [-0.25, -0.2) is 9.59 Å². The van der Waals surface area contributed by atoms with Gasteiger partial charge in [-0.15, -0.1) is 0 Å². The highest BCUT2D eigenvalue weighted by molar-refractivity contribution is 5.70. The van der Waals surface area contributed by atoms with Gasteiger partial charge in [0.15, 0.2) is 0 Å². The highest BCUT2D eigenvalue weighted by Crippen LogP contribution is 2.24. The van der Waals surface area contributed by atoms with E-state index in [-0.39, 0.29) is 32.5 Å². The number of hydrogen-bond acceptors (Lipinski definition) is 7. The van der Waals surface area contributed by atoms with E-state index in [0.717, 1.165) is 0 Å². The first-order valence-electron chi connectivity index (χ1n) is 10.1. The molecular formula is C21H40N2O7. The zero-order valence-electron chi connectivity index (χ0n) is 19.9. The van der Waals surface area contributed by atoms with Crippen molar-refractivity contribution < 1.29 is 33.7 Å². The van der Waals surface area contributed by atoms with Crippen molar-refractivity contribution in [2.24, 2.45) is 5.41 Å². The largest absolute Gasteiger partial charge is 0.460 e. The SMILES string of the molecule is CC(C)(C)OC(=O)CCC(CO)(CNC(=O)OC(C)(C)C)CNC(=O)OC(C)(C)C. The normalized spacial score (nSPS) is 12.7. The first kappa shape index (κ1) is 28.0. The van der Waals surface area contributed by atoms with E-state index in [1.54, 1.807) is 62.3 Å². The van der Waals surface area contributed by atoms with Crippen molar-refractivity contribution >= 4 is 18.2 Å². The summed E-state index contributed by atoms with van der Waals surface area (Å²) in [6.07, 6.45) is -1.14. The molecule has 9 heteroatoms. The standard InChI is InChI=1S/C21H40N2O7/c1-18(2,3)28-15(25)10-11-21(14-24,12-22-16(26)29-19(4,5)6)13-23-17(27)30-20(7,8)9/h24H,10-14H2,1-9H3,(H,22,26)(H,23,27). The van der Waals surface area contributed by atoms with Crippen LogP contribution in [0.15, 0.2) is 0 Å². The Bertz CT molecular complexity index is 505. The van der Waals surface area contributed by atoms with Crippen molar-refractivity contribution in [1.29, 1.82) is 0 Å². The average Bonchev–Trinajstić information content (AvgIpc) is 2.49. The molecule has 0 bridgehead atoms. The molecule has 0 aliphatic heterocycles. The Morgan fingerprint density at radius 2 is 1.07 bits per heavy atom. The number of aliphatic hydroxyl groups is 1. The third-order valence-electron chi connectivity index (χ3n) is 3.63. The fourth-order valence-electron chi connectivity index (χ4n) is 2.34. The molecule has 30 heavy (non-hydrogen) atoms. The highest BCUT2D eigenvalue weighted by atomic mass is 16.6. The highest BCUT2D eigenvalue weighted by Gasteiger charge is 2.33. The molecule has 0 saturated carbocycles. The molecule has 0 aromatic carbocycles. The van der Waals surface area contributed by atoms with Crippen LogP contribution >= 0.6 is 0 Å². The lowest BCUT2D eigenvalue weighted by molar-refractivity contribution is -0.155. The maximum Gasteiger partial charge on any atom is 0.407 e. The zero-order chi connectivity index (χ0) is 23.8. The minimum absolute atomic E-state index is 0.00380. The first-order valence-corrected chi connectivity index (χ1v) is 10.1. The van der Waals surface area contributed by atoms with Crippen molar-refractivity contribution in [3.05, 3.63) is 0 Å². The number of carbonyl (C=O) groups is 3. The smallest absolute Gasteiger partial charge is 0.407 e. The molecule has 0 radical (unpaired) electrons. The minimum Gasteiger partial charge on any atom is -0.460 e. The van der Waals surface area contributed by atoms with Crippen LogP contribution in [-0.4, -0.2) is 59.8 Å². The second-order valence-electron chi connectivity index (χ2n) is 10.5. The van der Waals surface area contributed by atoms with Crippen LogP contribution in [0.5, 0.6) is 0 Å². The van der Waals surface area contributed by atoms with E-state index in [0.29, 0.717) is 0 Å². The molecule has 0 aromatic rings. The summed E-state index contributed by atoms with van der Waals surface area (Å²) >= 11 is 0. The lowest BCUT2D eigenvalue weighted by Crippen LogP contribution is -2.49. The Kier molecular flexibility index (Phi) is 10.1. The van der Waals surface area contributed by atoms with Crippen LogP contribution in [-0.2, 0) is 19.0 Å². The average molecular weight is 433 g/mol. The molecule has 0 unspecified atom stereocenters. The number of esters is 1. The van der Waals surface area contributed by atoms with Gasteiger partial charge >= 0.3 is 18.2 Å². The topological polar surface area (TPSA) is 123 Å². The summed E-state index contributed by atoms with van der Waals surface area (Å²) in [4.78, 5) is 36.3. The molecule has 0 atom stereocenters. The van der Waals surface area contributed by atoms with Gasteiger partial charge in [0.25, 0.3) is 0 Å². The molecule has 0 saturated heterocycles. The van der Waals surface area contributed by atoms with Gasteiger partial charge in [-0.2, -0.15) is 0 Å². The summed E-state index contributed by atoms with van der Waals surface area (Å²) in [5.74, 6) is -0.435. The first-order chi connectivity index (χ1) is 13.4. The monoisotopic (exact) mass is 432 g/mol. The number of aliphatic hydroxyl groups excluding tert-OH is 1. The summed E-state index contributed by atoms with van der Waals surface area (Å²) in [5, 5.41) is 15.3. The third kappa shape index (κ3) is 14.0. The summed E-state index contributed by atoms with van der Waals surface area (Å²) in [6.45, 7) is 15.3. The number of carbonyl (C=O) groups excluding carboxylic acids is 3. The van der Waals surface area contributed by atoms with Crippen LogP contribution in [0.2, 0.25) is 0 Å². The summed E-state index contributed by atoms with van der Waals surface area (Å²) in [6, 6.07) is 0. The molecule has 0 aliphatic carbocycles. The van der Waals surface area contributed by atoms with Crippen molar-refractivity contribution in [3.8, 4) is 0 Å². The maximum atomic E-state index is 12.1. The number of rotatable bonds is 8. The molecular weight excluding hydrogens is 392 g/mol. The van der Waals surface area contributed by atoms with Gasteiger partial charge in [-0.1, -0.05) is 0 Å². The second kappa shape index (κ2) is 10.8. The molecule has 0 aromatic heterocycles. The van der Waals surface area contributed by atoms with E-state index in [4.69, 9.17) is 14.2 Å². The predicted octanol–water partition coefficient (Wildman–Crippen LogP) is 3.14. The van der Waals surface area contributed by atoms with Gasteiger partial charge < -0.3 is 30.0 Å². The van der Waals surface area contributed by atoms with Crippen LogP contribution in [0.1, 0.15) is 75.2 Å². The zero-order valence-corrected chi connectivity index (χ0v) is 19.9. The fraction of sp³-hybridized carbons (Fsp3) is 0.857. The van der Waals surface area contributed by atoms with Crippen LogP contribution in [0.4, 0.5) is 9.59 Å². The summed E-state index contributed by atoms with van der Waals surface area (Å²) in [7, 11) is 0. The van der Waals surface area contributed by atoms with Crippen LogP contribution < -0.4 is 10.6 Å². The number of hydrogen-bond donors (Lipinski definition) is 3. The fourth-order valence-corrected chi connectivity index (χ4v) is 2.34. The Hall–Kier alpha value is -2.03. The molecule has 3 N–H and O–H groups in total. The van der Waals surface area contributed by atoms with Gasteiger partial charge in [0.1, 0.15) is 16.8 Å². The number of alkyl carbamates (subject to hydrolysis) is 2. The Balaban J connectivity index is 5.20. The van der Waals surface area contributed by atoms with Crippen molar-refractivity contribution in [3.63, 3.8) is 0 Å². The van der Waals surface area contributed by atoms with E-state index in [9.17, 15) is 19.5 Å². The predicted molar refractivity (Wildman–Crippen MR) is 113 cm³/mol. The van der Waals surface area contributed by atoms with E-state index < -0.39 is 40.4 Å². The molecule has 0 rings (SSSR count). The quantitative estimate of drug-likeness (QED) is 0.398. The van der Waals surface area contributed by atoms with Gasteiger partial charge in [0.05, 0.1) is 6.61 Å². The van der Waals surface area contributed by atoms with Crippen molar-refractivity contribution in [2.75, 3.05) is 19.7 Å². The number of amides is 2. The minimum atomic E-state index is -1.01. The van der Waals surface area contributed by atoms with E-state index in [2.05, 4.69) is 10.6 Å². The van der Waals surface area contributed by atoms with Crippen molar-refractivity contribution in [1.82, 2.24) is 10.6 Å². The van der Waals surface area contributed by atoms with Crippen LogP contribution in [0.25, 0.3) is 0 Å². The number of ether oxygens (including phenoxy) is 3. The van der Waals surface area contributed by atoms with E-state index in [1.807, 2.05) is 0 Å². The molecule has 0 spiro atoms. The molecule has 2 amide bonds. The van der Waals surface area contributed by atoms with E-state index >= 15 is 0 Å². The molecule has 9 nitrogen and oxygen atoms in total. The summed E-state index contributed by atoms with van der Waals surface area (Å²) < 4.78 is 15.8. The van der Waals surface area contributed by atoms with Gasteiger partial charge in [0, 0.05) is 24.9 Å². The number of nitrogens with one attached hydrogen (secondary N) is 2. The Morgan fingerprint density at radius 3 is 1.37 bits per heavy atom. The van der Waals surface area contributed by atoms with Gasteiger partial charge in [-0.3, -0.25) is 4.79 Å². The molecule has 0 aliphatic rings. The van der Waals surface area contributed by atoms with Crippen LogP contribution in [0.3, 0.4) is 0 Å². The maximum absolute atomic E-state index is 12.1. The molecule has 0 fully saturated rings. The van der Waals surface area contributed by atoms with Crippen LogP contribution in [0, 0.1) is 5.41 Å². The molecule has 0 heterocycles. The lowest BCUT2D eigenvalue weighted by Gasteiger charge is -2.33. The lowest BCUT2D eigenvalue weighted by atomic mass is 9.83. The third-order valence-corrected chi connectivity index (χ3v) is 3.63. The summed E-state index contributed by atoms with van der Waals surface area (Å²) in [5.41, 5.74) is -3.01.